The van der Waals surface area contributed by atoms with Crippen molar-refractivity contribution >= 4 is 41.3 Å². The van der Waals surface area contributed by atoms with Gasteiger partial charge < -0.3 is 31.3 Å². The average Bonchev–Trinajstić information content (AvgIpc) is 3.01. The van der Waals surface area contributed by atoms with Gasteiger partial charge in [0.2, 0.25) is 17.7 Å². The van der Waals surface area contributed by atoms with E-state index in [1.807, 2.05) is 0 Å². The molecule has 0 saturated carbocycles. The minimum absolute atomic E-state index is 0.0618. The first kappa shape index (κ1) is 36.0. The molecule has 5 amide bonds. The summed E-state index contributed by atoms with van der Waals surface area (Å²) in [5.41, 5.74) is 1.30. The number of carbonyl (C=O) groups excluding carboxylic acids is 5. The molecule has 0 fully saturated rings. The number of amides is 5. The summed E-state index contributed by atoms with van der Waals surface area (Å²) in [6.45, 7) is 3.85. The lowest BCUT2D eigenvalue weighted by Crippen LogP contribution is -2.58. The van der Waals surface area contributed by atoms with Crippen molar-refractivity contribution in [2.75, 3.05) is 13.7 Å². The number of halogens is 2. The normalized spacial score (nSPS) is 19.3. The Balaban J connectivity index is 1.82. The minimum Gasteiger partial charge on any atom is -0.467 e. The molecule has 3 rings (SSSR count). The van der Waals surface area contributed by atoms with Crippen molar-refractivity contribution in [2.45, 2.75) is 70.1 Å². The van der Waals surface area contributed by atoms with Gasteiger partial charge >= 0.3 is 12.0 Å². The van der Waals surface area contributed by atoms with Crippen molar-refractivity contribution in [1.29, 1.82) is 0 Å². The number of methoxy groups -OCH3 is 1. The van der Waals surface area contributed by atoms with Gasteiger partial charge in [-0.05, 0) is 67.0 Å². The van der Waals surface area contributed by atoms with Crippen LogP contribution in [0.2, 0.25) is 5.02 Å². The average molecular weight is 658 g/mol. The molecule has 13 heteroatoms. The van der Waals surface area contributed by atoms with Gasteiger partial charge in [-0.1, -0.05) is 55.8 Å². The summed E-state index contributed by atoms with van der Waals surface area (Å²) < 4.78 is 18.7. The molecule has 1 aliphatic rings. The molecular weight excluding hydrogens is 617 g/mol. The third kappa shape index (κ3) is 11.8. The summed E-state index contributed by atoms with van der Waals surface area (Å²) in [7, 11) is 1.22. The van der Waals surface area contributed by atoms with Crippen LogP contribution in [0, 0.1) is 11.7 Å². The van der Waals surface area contributed by atoms with E-state index in [1.54, 1.807) is 50.2 Å². The van der Waals surface area contributed by atoms with Gasteiger partial charge in [0.1, 0.15) is 23.9 Å². The number of benzene rings is 2. The lowest BCUT2D eigenvalue weighted by Gasteiger charge is -2.26. The van der Waals surface area contributed by atoms with E-state index in [0.717, 1.165) is 0 Å². The van der Waals surface area contributed by atoms with Crippen molar-refractivity contribution < 1.29 is 33.1 Å². The molecule has 0 radical (unpaired) electrons. The van der Waals surface area contributed by atoms with Crippen molar-refractivity contribution in [3.05, 3.63) is 82.6 Å². The molecule has 0 spiro atoms. The Bertz CT molecular complexity index is 1400. The van der Waals surface area contributed by atoms with Crippen LogP contribution in [0.1, 0.15) is 44.2 Å². The van der Waals surface area contributed by atoms with Gasteiger partial charge in [0, 0.05) is 24.1 Å². The van der Waals surface area contributed by atoms with Crippen molar-refractivity contribution in [2.24, 2.45) is 5.92 Å². The van der Waals surface area contributed by atoms with E-state index in [0.29, 0.717) is 35.5 Å². The molecule has 1 heterocycles. The summed E-state index contributed by atoms with van der Waals surface area (Å²) in [4.78, 5) is 64.8. The zero-order valence-electron chi connectivity index (χ0n) is 26.1. The second-order valence-electron chi connectivity index (χ2n) is 11.4. The van der Waals surface area contributed by atoms with Gasteiger partial charge in [0.25, 0.3) is 0 Å². The van der Waals surface area contributed by atoms with E-state index in [2.05, 4.69) is 26.6 Å². The SMILES string of the molecule is COC(=O)[C@@H](NC(=O)N[C@@H](Cc1ccc(Cl)cc1)C(=O)N[C@H]1CCCCNC(=O)/C=C/[C@H](Cc2cccc(F)c2)NC1=O)C(C)C. The van der Waals surface area contributed by atoms with Crippen LogP contribution in [0.4, 0.5) is 9.18 Å². The Morgan fingerprint density at radius 2 is 1.78 bits per heavy atom. The highest BCUT2D eigenvalue weighted by Crippen LogP contribution is 2.13. The molecule has 46 heavy (non-hydrogen) atoms. The molecule has 0 aliphatic carbocycles. The van der Waals surface area contributed by atoms with E-state index in [-0.39, 0.29) is 31.1 Å². The lowest BCUT2D eigenvalue weighted by atomic mass is 10.0. The number of nitrogens with one attached hydrogen (secondary N) is 5. The fourth-order valence-electron chi connectivity index (χ4n) is 4.89. The quantitative estimate of drug-likeness (QED) is 0.248. The van der Waals surface area contributed by atoms with Gasteiger partial charge in [-0.3, -0.25) is 14.4 Å². The van der Waals surface area contributed by atoms with E-state index >= 15 is 0 Å². The monoisotopic (exact) mass is 657 g/mol. The van der Waals surface area contributed by atoms with Crippen molar-refractivity contribution in [3.8, 4) is 0 Å². The van der Waals surface area contributed by atoms with E-state index in [1.165, 1.54) is 31.4 Å². The van der Waals surface area contributed by atoms with E-state index in [4.69, 9.17) is 16.3 Å². The predicted octanol–water partition coefficient (Wildman–Crippen LogP) is 2.96. The number of ether oxygens (including phenoxy) is 1. The van der Waals surface area contributed by atoms with Gasteiger partial charge in [-0.15, -0.1) is 0 Å². The van der Waals surface area contributed by atoms with Gasteiger partial charge in [0.05, 0.1) is 13.2 Å². The second kappa shape index (κ2) is 17.9. The highest BCUT2D eigenvalue weighted by Gasteiger charge is 2.30. The van der Waals surface area contributed by atoms with Gasteiger partial charge in [-0.25, -0.2) is 14.0 Å². The number of carbonyl (C=O) groups is 5. The molecule has 2 aromatic carbocycles. The summed E-state index contributed by atoms with van der Waals surface area (Å²) in [6.07, 6.45) is 4.43. The highest BCUT2D eigenvalue weighted by atomic mass is 35.5. The van der Waals surface area contributed by atoms with Crippen molar-refractivity contribution in [1.82, 2.24) is 26.6 Å². The molecule has 5 N–H and O–H groups in total. The smallest absolute Gasteiger partial charge is 0.328 e. The summed E-state index contributed by atoms with van der Waals surface area (Å²) in [6, 6.07) is 8.14. The maximum absolute atomic E-state index is 13.9. The van der Waals surface area contributed by atoms with E-state index < -0.39 is 53.8 Å². The highest BCUT2D eigenvalue weighted by molar-refractivity contribution is 6.30. The standard InChI is InChI=1S/C33H41ClFN5O6/c1-20(2)29(32(44)46-3)40-33(45)39-27(19-21-10-12-23(34)13-11-21)31(43)38-26-9-4-5-16-36-28(41)15-14-25(37-30(26)42)18-22-7-6-8-24(35)17-22/h6-8,10-15,17,20,25-27,29H,4-5,9,16,18-19H2,1-3H3,(H,36,41)(H,37,42)(H,38,43)(H2,39,40,45)/b15-14+/t25-,26+,27+,29+/m1/s1. The zero-order chi connectivity index (χ0) is 33.6. The molecule has 0 saturated heterocycles. The maximum Gasteiger partial charge on any atom is 0.328 e. The fraction of sp³-hybridized carbons (Fsp3) is 0.424. The van der Waals surface area contributed by atoms with Gasteiger partial charge in [0.15, 0.2) is 0 Å². The molecule has 0 aromatic heterocycles. The summed E-state index contributed by atoms with van der Waals surface area (Å²) >= 11 is 6.03. The third-order valence-corrected chi connectivity index (χ3v) is 7.64. The van der Waals surface area contributed by atoms with Crippen LogP contribution >= 0.6 is 11.6 Å². The Morgan fingerprint density at radius 1 is 1.04 bits per heavy atom. The van der Waals surface area contributed by atoms with Crippen LogP contribution in [0.5, 0.6) is 0 Å². The zero-order valence-corrected chi connectivity index (χ0v) is 26.9. The Labute approximate surface area is 273 Å². The van der Waals surface area contributed by atoms with Crippen LogP contribution in [-0.4, -0.2) is 67.5 Å². The number of rotatable bonds is 10. The summed E-state index contributed by atoms with van der Waals surface area (Å²) in [5, 5.41) is 14.1. The molecule has 248 valence electrons. The predicted molar refractivity (Wildman–Crippen MR) is 171 cm³/mol. The molecule has 4 atom stereocenters. The molecule has 0 unspecified atom stereocenters. The van der Waals surface area contributed by atoms with Crippen LogP contribution in [0.15, 0.2) is 60.7 Å². The first-order chi connectivity index (χ1) is 21.9. The van der Waals surface area contributed by atoms with Crippen LogP contribution in [0.25, 0.3) is 0 Å². The molecule has 11 nitrogen and oxygen atoms in total. The summed E-state index contributed by atoms with van der Waals surface area (Å²) in [5.74, 6) is -2.79. The van der Waals surface area contributed by atoms with E-state index in [9.17, 15) is 28.4 Å². The number of hydrogen-bond acceptors (Lipinski definition) is 6. The van der Waals surface area contributed by atoms with Gasteiger partial charge in [-0.2, -0.15) is 0 Å². The molecule has 2 aromatic rings. The lowest BCUT2D eigenvalue weighted by molar-refractivity contribution is -0.144. The number of urea groups is 1. The Kier molecular flexibility index (Phi) is 14.0. The Hall–Kier alpha value is -4.45. The second-order valence-corrected chi connectivity index (χ2v) is 11.8. The molecular formula is C33H41ClFN5O6. The molecule has 0 bridgehead atoms. The van der Waals surface area contributed by atoms with Crippen LogP contribution in [0.3, 0.4) is 0 Å². The first-order valence-corrected chi connectivity index (χ1v) is 15.5. The van der Waals surface area contributed by atoms with Crippen molar-refractivity contribution in [3.63, 3.8) is 0 Å². The van der Waals surface area contributed by atoms with Crippen LogP contribution in [-0.2, 0) is 36.8 Å². The third-order valence-electron chi connectivity index (χ3n) is 7.39. The minimum atomic E-state index is -1.14. The Morgan fingerprint density at radius 3 is 2.46 bits per heavy atom. The van der Waals surface area contributed by atoms with Crippen LogP contribution < -0.4 is 26.6 Å². The molecule has 1 aliphatic heterocycles. The first-order valence-electron chi connectivity index (χ1n) is 15.2. The number of hydrogen-bond donors (Lipinski definition) is 5. The topological polar surface area (TPSA) is 155 Å². The number of esters is 1. The fourth-order valence-corrected chi connectivity index (χ4v) is 5.01. The maximum atomic E-state index is 13.9. The largest absolute Gasteiger partial charge is 0.467 e.